The summed E-state index contributed by atoms with van der Waals surface area (Å²) in [5, 5.41) is 10.4. The van der Waals surface area contributed by atoms with E-state index < -0.39 is 46.6 Å². The largest absolute Gasteiger partial charge is 0.466 e. The van der Waals surface area contributed by atoms with Crippen molar-refractivity contribution in [1.82, 2.24) is 4.98 Å². The predicted octanol–water partition coefficient (Wildman–Crippen LogP) is 2.17. The van der Waals surface area contributed by atoms with Crippen molar-refractivity contribution in [2.24, 2.45) is 0 Å². The van der Waals surface area contributed by atoms with Crippen molar-refractivity contribution in [2.45, 2.75) is 19.8 Å². The number of ether oxygens (including phenoxy) is 1. The number of rotatable bonds is 5. The minimum absolute atomic E-state index is 0.00484. The number of halogens is 3. The fraction of sp³-hybridized carbons (Fsp3) is 0.400. The van der Waals surface area contributed by atoms with Gasteiger partial charge in [-0.25, -0.2) is 13.2 Å². The van der Waals surface area contributed by atoms with Crippen LogP contribution in [0.25, 0.3) is 0 Å². The van der Waals surface area contributed by atoms with Crippen LogP contribution in [0, 0.1) is 15.9 Å². The number of nitrogens with zero attached hydrogens (tertiary/aromatic N) is 2. The smallest absolute Gasteiger partial charge is 0.366 e. The highest BCUT2D eigenvalue weighted by Gasteiger charge is 2.29. The van der Waals surface area contributed by atoms with E-state index in [1.165, 1.54) is 6.92 Å². The number of hydrogen-bond donors (Lipinski definition) is 0. The highest BCUT2D eigenvalue weighted by Crippen LogP contribution is 2.26. The van der Waals surface area contributed by atoms with Gasteiger partial charge in [-0.05, 0) is 16.8 Å². The van der Waals surface area contributed by atoms with Crippen molar-refractivity contribution in [1.29, 1.82) is 0 Å². The van der Waals surface area contributed by atoms with Gasteiger partial charge in [0.05, 0.1) is 24.7 Å². The first-order chi connectivity index (χ1) is 8.86. The molecule has 6 nitrogen and oxygen atoms in total. The third-order valence-corrected chi connectivity index (χ3v) is 2.11. The maximum atomic E-state index is 13.5. The molecule has 0 aliphatic heterocycles. The third kappa shape index (κ3) is 3.63. The summed E-state index contributed by atoms with van der Waals surface area (Å²) in [6.45, 7) is 1.50. The number of aromatic nitrogens is 1. The molecule has 19 heavy (non-hydrogen) atoms. The van der Waals surface area contributed by atoms with E-state index in [1.807, 2.05) is 0 Å². The molecule has 0 atom stereocenters. The molecule has 0 saturated carbocycles. The van der Waals surface area contributed by atoms with Gasteiger partial charge in [0.15, 0.2) is 0 Å². The molecule has 0 saturated heterocycles. The Hall–Kier alpha value is -2.19. The van der Waals surface area contributed by atoms with Gasteiger partial charge in [-0.3, -0.25) is 4.79 Å². The number of carbonyl (C=O) groups is 1. The Bertz CT molecular complexity index is 508. The van der Waals surface area contributed by atoms with Crippen molar-refractivity contribution in [3.05, 3.63) is 33.3 Å². The average molecular weight is 278 g/mol. The molecule has 9 heteroatoms. The summed E-state index contributed by atoms with van der Waals surface area (Å²) < 4.78 is 43.4. The quantitative estimate of drug-likeness (QED) is 0.468. The van der Waals surface area contributed by atoms with Crippen LogP contribution in [-0.4, -0.2) is 22.5 Å². The molecule has 0 aromatic carbocycles. The first-order valence-electron chi connectivity index (χ1n) is 5.14. The number of nitro groups is 1. The lowest BCUT2D eigenvalue weighted by atomic mass is 10.1. The van der Waals surface area contributed by atoms with Crippen LogP contribution in [0.5, 0.6) is 0 Å². The van der Waals surface area contributed by atoms with Crippen molar-refractivity contribution in [3.8, 4) is 0 Å². The molecule has 0 bridgehead atoms. The van der Waals surface area contributed by atoms with Crippen molar-refractivity contribution < 1.29 is 27.6 Å². The van der Waals surface area contributed by atoms with Gasteiger partial charge in [-0.1, -0.05) is 0 Å². The van der Waals surface area contributed by atoms with Crippen molar-refractivity contribution in [2.75, 3.05) is 6.61 Å². The van der Waals surface area contributed by atoms with Crippen LogP contribution in [0.3, 0.4) is 0 Å². The number of carbonyl (C=O) groups excluding carboxylic acids is 1. The molecular formula is C10H9F3N2O4. The van der Waals surface area contributed by atoms with Gasteiger partial charge in [-0.2, -0.15) is 0 Å². The first-order valence-corrected chi connectivity index (χ1v) is 5.14. The Morgan fingerprint density at radius 2 is 2.21 bits per heavy atom. The van der Waals surface area contributed by atoms with Gasteiger partial charge in [0.1, 0.15) is 5.82 Å². The summed E-state index contributed by atoms with van der Waals surface area (Å²) in [7, 11) is 0. The van der Waals surface area contributed by atoms with E-state index in [9.17, 15) is 28.1 Å². The Kier molecular flexibility index (Phi) is 4.79. The summed E-state index contributed by atoms with van der Waals surface area (Å²) in [5.74, 6) is -3.25. The summed E-state index contributed by atoms with van der Waals surface area (Å²) in [6.07, 6.45) is -4.00. The zero-order valence-electron chi connectivity index (χ0n) is 9.73. The van der Waals surface area contributed by atoms with E-state index in [1.54, 1.807) is 0 Å². The fourth-order valence-electron chi connectivity index (χ4n) is 1.35. The Balaban J connectivity index is 3.22. The number of hydrogen-bond acceptors (Lipinski definition) is 5. The molecule has 104 valence electrons. The lowest BCUT2D eigenvalue weighted by Crippen LogP contribution is -2.13. The van der Waals surface area contributed by atoms with Crippen LogP contribution in [-0.2, 0) is 16.0 Å². The molecule has 0 spiro atoms. The maximum Gasteiger partial charge on any atom is 0.366 e. The zero-order valence-corrected chi connectivity index (χ0v) is 9.73. The summed E-state index contributed by atoms with van der Waals surface area (Å²) in [6, 6.07) is 0.389. The minimum Gasteiger partial charge on any atom is -0.466 e. The highest BCUT2D eigenvalue weighted by atomic mass is 19.3. The number of alkyl halides is 2. The second kappa shape index (κ2) is 6.12. The summed E-state index contributed by atoms with van der Waals surface area (Å²) >= 11 is 0. The molecule has 0 aliphatic rings. The number of esters is 1. The second-order valence-corrected chi connectivity index (χ2v) is 3.37. The molecule has 0 N–H and O–H groups in total. The molecule has 0 aliphatic carbocycles. The van der Waals surface area contributed by atoms with Gasteiger partial charge >= 0.3 is 18.2 Å². The van der Waals surface area contributed by atoms with Crippen LogP contribution in [0.4, 0.5) is 19.0 Å². The molecule has 0 radical (unpaired) electrons. The van der Waals surface area contributed by atoms with E-state index in [4.69, 9.17) is 0 Å². The molecule has 0 fully saturated rings. The summed E-state index contributed by atoms with van der Waals surface area (Å²) in [5.41, 5.74) is -1.82. The minimum atomic E-state index is -3.24. The predicted molar refractivity (Wildman–Crippen MR) is 56.1 cm³/mol. The Morgan fingerprint density at radius 1 is 1.58 bits per heavy atom. The van der Waals surface area contributed by atoms with Gasteiger partial charge in [0.2, 0.25) is 5.69 Å². The van der Waals surface area contributed by atoms with Gasteiger partial charge in [-0.15, -0.1) is 0 Å². The van der Waals surface area contributed by atoms with Crippen LogP contribution >= 0.6 is 0 Å². The SMILES string of the molecule is CCOC(=O)Cc1c(F)cc([N+](=O)[O-])nc1C(F)F. The standard InChI is InChI=1S/C10H9F3N2O4/c1-2-19-8(16)3-5-6(11)4-7(15(17)18)14-9(5)10(12)13/h4,10H,2-3H2,1H3. The van der Waals surface area contributed by atoms with E-state index in [-0.39, 0.29) is 6.61 Å². The van der Waals surface area contributed by atoms with Gasteiger partial charge in [0, 0.05) is 0 Å². The zero-order chi connectivity index (χ0) is 14.6. The monoisotopic (exact) mass is 278 g/mol. The highest BCUT2D eigenvalue weighted by molar-refractivity contribution is 5.73. The molecule has 0 amide bonds. The third-order valence-electron chi connectivity index (χ3n) is 2.11. The van der Waals surface area contributed by atoms with Crippen molar-refractivity contribution in [3.63, 3.8) is 0 Å². The lowest BCUT2D eigenvalue weighted by molar-refractivity contribution is -0.390. The van der Waals surface area contributed by atoms with Gasteiger partial charge < -0.3 is 14.9 Å². The first kappa shape index (κ1) is 14.9. The van der Waals surface area contributed by atoms with Crippen LogP contribution in [0.15, 0.2) is 6.07 Å². The van der Waals surface area contributed by atoms with Crippen LogP contribution < -0.4 is 0 Å². The Morgan fingerprint density at radius 3 is 2.68 bits per heavy atom. The maximum absolute atomic E-state index is 13.5. The number of pyridine rings is 1. The normalized spacial score (nSPS) is 10.6. The summed E-state index contributed by atoms with van der Waals surface area (Å²) in [4.78, 5) is 23.5. The lowest BCUT2D eigenvalue weighted by Gasteiger charge is -2.06. The van der Waals surface area contributed by atoms with E-state index in [0.717, 1.165) is 0 Å². The van der Waals surface area contributed by atoms with E-state index in [0.29, 0.717) is 6.07 Å². The molecule has 0 unspecified atom stereocenters. The topological polar surface area (TPSA) is 82.3 Å². The fourth-order valence-corrected chi connectivity index (χ4v) is 1.35. The van der Waals surface area contributed by atoms with Crippen molar-refractivity contribution >= 4 is 11.8 Å². The van der Waals surface area contributed by atoms with E-state index >= 15 is 0 Å². The van der Waals surface area contributed by atoms with E-state index in [2.05, 4.69) is 9.72 Å². The molecule has 1 aromatic rings. The molecular weight excluding hydrogens is 269 g/mol. The van der Waals surface area contributed by atoms with Crippen LogP contribution in [0.2, 0.25) is 0 Å². The molecule has 1 aromatic heterocycles. The second-order valence-electron chi connectivity index (χ2n) is 3.37. The van der Waals surface area contributed by atoms with Gasteiger partial charge in [0.25, 0.3) is 0 Å². The average Bonchev–Trinajstić information content (AvgIpc) is 2.31. The molecule has 1 heterocycles. The van der Waals surface area contributed by atoms with Crippen LogP contribution in [0.1, 0.15) is 24.6 Å². The molecule has 1 rings (SSSR count). The Labute approximate surface area is 105 Å².